The van der Waals surface area contributed by atoms with E-state index in [-0.39, 0.29) is 24.4 Å². The van der Waals surface area contributed by atoms with Crippen molar-refractivity contribution in [2.24, 2.45) is 0 Å². The zero-order chi connectivity index (χ0) is 18.2. The quantitative estimate of drug-likeness (QED) is 0.769. The Balaban J connectivity index is 1.95. The monoisotopic (exact) mass is 349 g/mol. The van der Waals surface area contributed by atoms with Gasteiger partial charge in [0.1, 0.15) is 0 Å². The molecule has 2 N–H and O–H groups in total. The summed E-state index contributed by atoms with van der Waals surface area (Å²) in [5.41, 5.74) is 0.438. The van der Waals surface area contributed by atoms with Crippen molar-refractivity contribution in [2.75, 3.05) is 39.4 Å². The van der Waals surface area contributed by atoms with E-state index in [2.05, 4.69) is 10.6 Å². The second-order valence-corrected chi connectivity index (χ2v) is 5.91. The fourth-order valence-electron chi connectivity index (χ4n) is 2.72. The first kappa shape index (κ1) is 19.1. The van der Waals surface area contributed by atoms with Crippen molar-refractivity contribution in [1.29, 1.82) is 0 Å². The molecule has 1 heterocycles. The molecule has 0 unspecified atom stereocenters. The predicted octanol–water partition coefficient (Wildman–Crippen LogP) is 1.03. The summed E-state index contributed by atoms with van der Waals surface area (Å²) in [6, 6.07) is 5.29. The smallest absolute Gasteiger partial charge is 0.251 e. The Morgan fingerprint density at radius 2 is 1.96 bits per heavy atom. The van der Waals surface area contributed by atoms with Gasteiger partial charge in [0.15, 0.2) is 11.5 Å². The molecule has 0 aliphatic carbocycles. The van der Waals surface area contributed by atoms with Crippen LogP contribution in [0.15, 0.2) is 18.2 Å². The predicted molar refractivity (Wildman–Crippen MR) is 95.2 cm³/mol. The highest BCUT2D eigenvalue weighted by Crippen LogP contribution is 2.28. The summed E-state index contributed by atoms with van der Waals surface area (Å²) in [5, 5.41) is 5.97. The Morgan fingerprint density at radius 3 is 2.64 bits per heavy atom. The summed E-state index contributed by atoms with van der Waals surface area (Å²) in [4.78, 5) is 26.3. The van der Waals surface area contributed by atoms with Crippen LogP contribution < -0.4 is 20.1 Å². The number of piperazine rings is 1. The van der Waals surface area contributed by atoms with Gasteiger partial charge in [0.2, 0.25) is 5.91 Å². The number of benzene rings is 1. The molecule has 2 rings (SSSR count). The summed E-state index contributed by atoms with van der Waals surface area (Å²) >= 11 is 0. The van der Waals surface area contributed by atoms with Gasteiger partial charge in [-0.05, 0) is 39.0 Å². The molecule has 1 saturated heterocycles. The van der Waals surface area contributed by atoms with Crippen LogP contribution in [0.25, 0.3) is 0 Å². The van der Waals surface area contributed by atoms with Crippen molar-refractivity contribution < 1.29 is 19.1 Å². The normalized spacial score (nSPS) is 17.1. The van der Waals surface area contributed by atoms with E-state index in [1.165, 1.54) is 0 Å². The van der Waals surface area contributed by atoms with Gasteiger partial charge < -0.3 is 25.0 Å². The molecule has 0 saturated carbocycles. The molecule has 0 bridgehead atoms. The molecule has 138 valence electrons. The van der Waals surface area contributed by atoms with Gasteiger partial charge in [-0.3, -0.25) is 9.59 Å². The fourth-order valence-corrected chi connectivity index (χ4v) is 2.72. The molecule has 7 nitrogen and oxygen atoms in total. The van der Waals surface area contributed by atoms with E-state index in [9.17, 15) is 9.59 Å². The second-order valence-electron chi connectivity index (χ2n) is 5.91. The van der Waals surface area contributed by atoms with Crippen LogP contribution in [0.4, 0.5) is 0 Å². The number of nitrogens with one attached hydrogen (secondary N) is 2. The first-order valence-electron chi connectivity index (χ1n) is 8.74. The van der Waals surface area contributed by atoms with E-state index < -0.39 is 0 Å². The summed E-state index contributed by atoms with van der Waals surface area (Å²) in [6.45, 7) is 8.87. The second kappa shape index (κ2) is 9.27. The summed E-state index contributed by atoms with van der Waals surface area (Å²) < 4.78 is 11.0. The Hall–Kier alpha value is -2.28. The van der Waals surface area contributed by atoms with Crippen LogP contribution in [0.5, 0.6) is 11.5 Å². The lowest BCUT2D eigenvalue weighted by Crippen LogP contribution is -2.53. The number of rotatable bonds is 7. The molecule has 2 amide bonds. The van der Waals surface area contributed by atoms with Crippen LogP contribution in [0, 0.1) is 0 Å². The number of carbonyl (C=O) groups excluding carboxylic acids is 2. The number of amides is 2. The van der Waals surface area contributed by atoms with E-state index >= 15 is 0 Å². The largest absolute Gasteiger partial charge is 0.490 e. The van der Waals surface area contributed by atoms with Crippen molar-refractivity contribution in [3.8, 4) is 11.5 Å². The molecule has 0 aromatic heterocycles. The van der Waals surface area contributed by atoms with Crippen molar-refractivity contribution in [1.82, 2.24) is 15.5 Å². The Kier molecular flexibility index (Phi) is 7.06. The topological polar surface area (TPSA) is 79.9 Å². The maximum atomic E-state index is 12.3. The molecular formula is C18H27N3O4. The number of hydrogen-bond donors (Lipinski definition) is 2. The molecule has 1 fully saturated rings. The van der Waals surface area contributed by atoms with Crippen LogP contribution in [-0.2, 0) is 4.79 Å². The standard InChI is InChI=1S/C18H27N3O4/c1-4-24-15-7-6-14(10-16(15)25-5-2)18(23)20-11-17(22)21-9-8-19-13(3)12-21/h6-7,10,13,19H,4-5,8-9,11-12H2,1-3H3,(H,20,23)/t13-/m1/s1. The number of ether oxygens (including phenoxy) is 2. The summed E-state index contributed by atoms with van der Waals surface area (Å²) in [5.74, 6) is 0.754. The van der Waals surface area contributed by atoms with Gasteiger partial charge in [-0.1, -0.05) is 0 Å². The van der Waals surface area contributed by atoms with Crippen LogP contribution >= 0.6 is 0 Å². The third-order valence-corrected chi connectivity index (χ3v) is 3.93. The Bertz CT molecular complexity index is 606. The Morgan fingerprint density at radius 1 is 1.24 bits per heavy atom. The zero-order valence-electron chi connectivity index (χ0n) is 15.1. The van der Waals surface area contributed by atoms with Gasteiger partial charge in [-0.2, -0.15) is 0 Å². The van der Waals surface area contributed by atoms with E-state index in [0.29, 0.717) is 43.4 Å². The summed E-state index contributed by atoms with van der Waals surface area (Å²) in [7, 11) is 0. The molecule has 1 aromatic carbocycles. The minimum absolute atomic E-state index is 0.0112. The third-order valence-electron chi connectivity index (χ3n) is 3.93. The van der Waals surface area contributed by atoms with Gasteiger partial charge in [-0.25, -0.2) is 0 Å². The molecule has 1 aromatic rings. The maximum Gasteiger partial charge on any atom is 0.251 e. The van der Waals surface area contributed by atoms with Gasteiger partial charge in [-0.15, -0.1) is 0 Å². The van der Waals surface area contributed by atoms with Gasteiger partial charge in [0.25, 0.3) is 5.91 Å². The van der Waals surface area contributed by atoms with Crippen LogP contribution in [0.1, 0.15) is 31.1 Å². The van der Waals surface area contributed by atoms with Crippen molar-refractivity contribution in [2.45, 2.75) is 26.8 Å². The van der Waals surface area contributed by atoms with E-state index in [4.69, 9.17) is 9.47 Å². The molecule has 1 aliphatic heterocycles. The van der Waals surface area contributed by atoms with Gasteiger partial charge >= 0.3 is 0 Å². The molecule has 25 heavy (non-hydrogen) atoms. The van der Waals surface area contributed by atoms with Crippen molar-refractivity contribution >= 4 is 11.8 Å². The lowest BCUT2D eigenvalue weighted by molar-refractivity contribution is -0.131. The minimum atomic E-state index is -0.305. The van der Waals surface area contributed by atoms with Crippen LogP contribution in [0.2, 0.25) is 0 Å². The maximum absolute atomic E-state index is 12.3. The number of hydrogen-bond acceptors (Lipinski definition) is 5. The molecule has 1 aliphatic rings. The highest BCUT2D eigenvalue weighted by Gasteiger charge is 2.21. The van der Waals surface area contributed by atoms with Crippen molar-refractivity contribution in [3.63, 3.8) is 0 Å². The third kappa shape index (κ3) is 5.35. The van der Waals surface area contributed by atoms with E-state index in [0.717, 1.165) is 6.54 Å². The molecular weight excluding hydrogens is 322 g/mol. The molecule has 1 atom stereocenters. The first-order valence-corrected chi connectivity index (χ1v) is 8.74. The van der Waals surface area contributed by atoms with Gasteiger partial charge in [0.05, 0.1) is 19.8 Å². The lowest BCUT2D eigenvalue weighted by atomic mass is 10.2. The summed E-state index contributed by atoms with van der Waals surface area (Å²) in [6.07, 6.45) is 0. The average Bonchev–Trinajstić information content (AvgIpc) is 2.61. The highest BCUT2D eigenvalue weighted by molar-refractivity contribution is 5.97. The Labute approximate surface area is 148 Å². The number of carbonyl (C=O) groups is 2. The van der Waals surface area contributed by atoms with Crippen LogP contribution in [-0.4, -0.2) is 62.1 Å². The fraction of sp³-hybridized carbons (Fsp3) is 0.556. The highest BCUT2D eigenvalue weighted by atomic mass is 16.5. The molecule has 0 radical (unpaired) electrons. The van der Waals surface area contributed by atoms with Crippen molar-refractivity contribution in [3.05, 3.63) is 23.8 Å². The van der Waals surface area contributed by atoms with E-state index in [1.807, 2.05) is 20.8 Å². The minimum Gasteiger partial charge on any atom is -0.490 e. The SMILES string of the molecule is CCOc1ccc(C(=O)NCC(=O)N2CCN[C@H](C)C2)cc1OCC. The average molecular weight is 349 g/mol. The van der Waals surface area contributed by atoms with E-state index in [1.54, 1.807) is 23.1 Å². The lowest BCUT2D eigenvalue weighted by Gasteiger charge is -2.31. The van der Waals surface area contributed by atoms with Gasteiger partial charge in [0, 0.05) is 31.2 Å². The van der Waals surface area contributed by atoms with Crippen LogP contribution in [0.3, 0.4) is 0 Å². The molecule has 7 heteroatoms. The molecule has 0 spiro atoms. The first-order chi connectivity index (χ1) is 12.0. The number of nitrogens with zero attached hydrogens (tertiary/aromatic N) is 1. The zero-order valence-corrected chi connectivity index (χ0v) is 15.1.